The van der Waals surface area contributed by atoms with Crippen molar-refractivity contribution in [2.75, 3.05) is 11.9 Å². The maximum atomic E-state index is 14.1. The standard InChI is InChI=1S/C20H23FN2O2/c1-14-7-10-18(17(21)11-14)22-20(25)23(19(13-24)16-8-9-16)12-15-5-3-2-4-6-15/h2-7,10-11,16,19,24H,8-9,12-13H2,1H3,(H,22,25). The molecular formula is C20H23FN2O2. The van der Waals surface area contributed by atoms with Crippen molar-refractivity contribution in [2.45, 2.75) is 32.4 Å². The molecule has 2 aromatic rings. The van der Waals surface area contributed by atoms with Crippen LogP contribution in [-0.2, 0) is 6.54 Å². The molecule has 2 aromatic carbocycles. The number of carbonyl (C=O) groups excluding carboxylic acids is 1. The van der Waals surface area contributed by atoms with Crippen LogP contribution in [0, 0.1) is 18.7 Å². The zero-order chi connectivity index (χ0) is 17.8. The third kappa shape index (κ3) is 4.37. The number of benzene rings is 2. The van der Waals surface area contributed by atoms with Crippen molar-refractivity contribution < 1.29 is 14.3 Å². The lowest BCUT2D eigenvalue weighted by molar-refractivity contribution is 0.124. The van der Waals surface area contributed by atoms with Gasteiger partial charge in [0.1, 0.15) is 5.82 Å². The van der Waals surface area contributed by atoms with Gasteiger partial charge in [0.25, 0.3) is 0 Å². The van der Waals surface area contributed by atoms with Gasteiger partial charge in [-0.2, -0.15) is 0 Å². The molecule has 25 heavy (non-hydrogen) atoms. The number of amides is 2. The largest absolute Gasteiger partial charge is 0.394 e. The van der Waals surface area contributed by atoms with E-state index in [-0.39, 0.29) is 18.3 Å². The van der Waals surface area contributed by atoms with E-state index in [2.05, 4.69) is 5.32 Å². The lowest BCUT2D eigenvalue weighted by atomic mass is 10.1. The first-order valence-electron chi connectivity index (χ1n) is 8.57. The summed E-state index contributed by atoms with van der Waals surface area (Å²) in [6.45, 7) is 2.08. The Balaban J connectivity index is 1.80. The average Bonchev–Trinajstić information content (AvgIpc) is 3.43. The topological polar surface area (TPSA) is 52.6 Å². The molecule has 1 aliphatic carbocycles. The Labute approximate surface area is 147 Å². The zero-order valence-electron chi connectivity index (χ0n) is 14.3. The highest BCUT2D eigenvalue weighted by molar-refractivity contribution is 5.89. The zero-order valence-corrected chi connectivity index (χ0v) is 14.3. The van der Waals surface area contributed by atoms with Crippen LogP contribution in [0.15, 0.2) is 48.5 Å². The highest BCUT2D eigenvalue weighted by Crippen LogP contribution is 2.36. The molecule has 0 saturated heterocycles. The molecule has 0 spiro atoms. The van der Waals surface area contributed by atoms with Gasteiger partial charge in [0.05, 0.1) is 18.3 Å². The van der Waals surface area contributed by atoms with Crippen LogP contribution in [0.4, 0.5) is 14.9 Å². The van der Waals surface area contributed by atoms with Crippen molar-refractivity contribution in [3.63, 3.8) is 0 Å². The predicted molar refractivity (Wildman–Crippen MR) is 95.7 cm³/mol. The normalized spacial score (nSPS) is 14.8. The van der Waals surface area contributed by atoms with E-state index in [1.165, 1.54) is 6.07 Å². The lowest BCUT2D eigenvalue weighted by Crippen LogP contribution is -2.45. The van der Waals surface area contributed by atoms with Gasteiger partial charge in [-0.3, -0.25) is 0 Å². The van der Waals surface area contributed by atoms with Crippen molar-refractivity contribution in [1.82, 2.24) is 4.90 Å². The van der Waals surface area contributed by atoms with E-state index in [0.29, 0.717) is 12.5 Å². The summed E-state index contributed by atoms with van der Waals surface area (Å²) >= 11 is 0. The molecule has 3 rings (SSSR count). The van der Waals surface area contributed by atoms with Crippen LogP contribution in [0.2, 0.25) is 0 Å². The Morgan fingerprint density at radius 3 is 2.60 bits per heavy atom. The van der Waals surface area contributed by atoms with E-state index in [4.69, 9.17) is 0 Å². The minimum Gasteiger partial charge on any atom is -0.394 e. The van der Waals surface area contributed by atoms with Gasteiger partial charge in [-0.1, -0.05) is 36.4 Å². The number of carbonyl (C=O) groups is 1. The van der Waals surface area contributed by atoms with E-state index in [1.54, 1.807) is 24.0 Å². The van der Waals surface area contributed by atoms with Gasteiger partial charge in [0.2, 0.25) is 0 Å². The van der Waals surface area contributed by atoms with Gasteiger partial charge in [0.15, 0.2) is 0 Å². The number of nitrogens with zero attached hydrogens (tertiary/aromatic N) is 1. The minimum atomic E-state index is -0.458. The van der Waals surface area contributed by atoms with Crippen molar-refractivity contribution in [1.29, 1.82) is 0 Å². The summed E-state index contributed by atoms with van der Waals surface area (Å²) in [6, 6.07) is 13.7. The Hall–Kier alpha value is -2.40. The molecule has 2 amide bonds. The number of hydrogen-bond acceptors (Lipinski definition) is 2. The number of aryl methyl sites for hydroxylation is 1. The second-order valence-corrected chi connectivity index (χ2v) is 6.61. The van der Waals surface area contributed by atoms with Gasteiger partial charge >= 0.3 is 6.03 Å². The Bertz CT molecular complexity index is 732. The second-order valence-electron chi connectivity index (χ2n) is 6.61. The maximum Gasteiger partial charge on any atom is 0.322 e. The minimum absolute atomic E-state index is 0.0959. The number of halogens is 1. The number of hydrogen-bond donors (Lipinski definition) is 2. The van der Waals surface area contributed by atoms with Crippen LogP contribution in [0.25, 0.3) is 0 Å². The molecule has 0 aromatic heterocycles. The number of nitrogens with one attached hydrogen (secondary N) is 1. The summed E-state index contributed by atoms with van der Waals surface area (Å²) in [6.07, 6.45) is 2.01. The lowest BCUT2D eigenvalue weighted by Gasteiger charge is -2.31. The predicted octanol–water partition coefficient (Wildman–Crippen LogP) is 3.94. The summed E-state index contributed by atoms with van der Waals surface area (Å²) in [5.74, 6) is -0.151. The van der Waals surface area contributed by atoms with Gasteiger partial charge in [-0.05, 0) is 48.9 Å². The average molecular weight is 342 g/mol. The number of urea groups is 1. The van der Waals surface area contributed by atoms with Crippen LogP contribution in [-0.4, -0.2) is 28.7 Å². The highest BCUT2D eigenvalue weighted by Gasteiger charge is 2.37. The molecule has 0 aliphatic heterocycles. The summed E-state index contributed by atoms with van der Waals surface area (Å²) in [4.78, 5) is 14.4. The highest BCUT2D eigenvalue weighted by atomic mass is 19.1. The van der Waals surface area contributed by atoms with Crippen molar-refractivity contribution in [3.05, 3.63) is 65.5 Å². The fraction of sp³-hybridized carbons (Fsp3) is 0.350. The fourth-order valence-corrected chi connectivity index (χ4v) is 3.01. The molecule has 0 bridgehead atoms. The van der Waals surface area contributed by atoms with Gasteiger partial charge < -0.3 is 15.3 Å². The summed E-state index contributed by atoms with van der Waals surface area (Å²) in [7, 11) is 0. The number of aliphatic hydroxyl groups is 1. The van der Waals surface area contributed by atoms with Crippen LogP contribution in [0.5, 0.6) is 0 Å². The van der Waals surface area contributed by atoms with Gasteiger partial charge in [-0.15, -0.1) is 0 Å². The first-order chi connectivity index (χ1) is 12.1. The number of anilines is 1. The fourth-order valence-electron chi connectivity index (χ4n) is 3.01. The molecule has 0 heterocycles. The Kier molecular flexibility index (Phi) is 5.34. The third-order valence-electron chi connectivity index (χ3n) is 4.58. The summed E-state index contributed by atoms with van der Waals surface area (Å²) in [5, 5.41) is 12.5. The van der Waals surface area contributed by atoms with Crippen molar-refractivity contribution >= 4 is 11.7 Å². The van der Waals surface area contributed by atoms with E-state index in [0.717, 1.165) is 24.0 Å². The second kappa shape index (κ2) is 7.66. The summed E-state index contributed by atoms with van der Waals surface area (Å²) < 4.78 is 14.1. The van der Waals surface area contributed by atoms with Crippen LogP contribution in [0.3, 0.4) is 0 Å². The SMILES string of the molecule is Cc1ccc(NC(=O)N(Cc2ccccc2)C(CO)C2CC2)c(F)c1. The maximum absolute atomic E-state index is 14.1. The number of aliphatic hydroxyl groups excluding tert-OH is 1. The van der Waals surface area contributed by atoms with Crippen LogP contribution >= 0.6 is 0 Å². The van der Waals surface area contributed by atoms with Crippen LogP contribution < -0.4 is 5.32 Å². The first kappa shape index (κ1) is 17.4. The Morgan fingerprint density at radius 1 is 1.28 bits per heavy atom. The molecule has 1 fully saturated rings. The van der Waals surface area contributed by atoms with Crippen LogP contribution in [0.1, 0.15) is 24.0 Å². The quantitative estimate of drug-likeness (QED) is 0.835. The van der Waals surface area contributed by atoms with E-state index in [1.807, 2.05) is 30.3 Å². The van der Waals surface area contributed by atoms with Gasteiger partial charge in [0, 0.05) is 6.54 Å². The van der Waals surface area contributed by atoms with E-state index in [9.17, 15) is 14.3 Å². The molecule has 1 unspecified atom stereocenters. The smallest absolute Gasteiger partial charge is 0.322 e. The van der Waals surface area contributed by atoms with Crippen molar-refractivity contribution in [2.24, 2.45) is 5.92 Å². The Morgan fingerprint density at radius 2 is 2.00 bits per heavy atom. The molecule has 1 saturated carbocycles. The molecule has 5 heteroatoms. The monoisotopic (exact) mass is 342 g/mol. The summed E-state index contributed by atoms with van der Waals surface area (Å²) in [5.41, 5.74) is 1.92. The van der Waals surface area contributed by atoms with Gasteiger partial charge in [-0.25, -0.2) is 9.18 Å². The molecule has 0 radical (unpaired) electrons. The molecule has 1 atom stereocenters. The molecule has 132 valence electrons. The van der Waals surface area contributed by atoms with Crippen molar-refractivity contribution in [3.8, 4) is 0 Å². The third-order valence-corrected chi connectivity index (χ3v) is 4.58. The molecule has 4 nitrogen and oxygen atoms in total. The molecule has 1 aliphatic rings. The molecule has 2 N–H and O–H groups in total. The number of rotatable bonds is 6. The first-order valence-corrected chi connectivity index (χ1v) is 8.57. The van der Waals surface area contributed by atoms with E-state index < -0.39 is 11.8 Å². The van der Waals surface area contributed by atoms with E-state index >= 15 is 0 Å². The molecular weight excluding hydrogens is 319 g/mol.